The van der Waals surface area contributed by atoms with E-state index in [4.69, 9.17) is 28.2 Å². The zero-order valence-electron chi connectivity index (χ0n) is 12.4. The van der Waals surface area contributed by atoms with Gasteiger partial charge in [0.25, 0.3) is 0 Å². The van der Waals surface area contributed by atoms with Gasteiger partial charge in [0.2, 0.25) is 0 Å². The molecule has 0 bridgehead atoms. The summed E-state index contributed by atoms with van der Waals surface area (Å²) >= 11 is 12.3. The van der Waals surface area contributed by atoms with Gasteiger partial charge in [0.15, 0.2) is 5.84 Å². The van der Waals surface area contributed by atoms with Gasteiger partial charge in [0, 0.05) is 16.9 Å². The van der Waals surface area contributed by atoms with Crippen molar-refractivity contribution in [1.82, 2.24) is 10.3 Å². The van der Waals surface area contributed by atoms with Gasteiger partial charge in [-0.15, -0.1) is 11.6 Å². The van der Waals surface area contributed by atoms with E-state index in [9.17, 15) is 4.39 Å². The highest BCUT2D eigenvalue weighted by Crippen LogP contribution is 2.35. The number of halogens is 3. The summed E-state index contributed by atoms with van der Waals surface area (Å²) in [6, 6.07) is 9.59. The molecule has 2 aromatic rings. The summed E-state index contributed by atoms with van der Waals surface area (Å²) in [5.41, 5.74) is 3.26. The monoisotopic (exact) mass is 349 g/mol. The first-order valence-corrected chi connectivity index (χ1v) is 7.98. The van der Waals surface area contributed by atoms with E-state index < -0.39 is 0 Å². The third kappa shape index (κ3) is 3.23. The zero-order chi connectivity index (χ0) is 16.4. The largest absolute Gasteiger partial charge is 0.341 e. The first-order valence-electron chi connectivity index (χ1n) is 7.07. The van der Waals surface area contributed by atoms with Crippen molar-refractivity contribution in [3.8, 4) is 0 Å². The van der Waals surface area contributed by atoms with Crippen LogP contribution in [0.5, 0.6) is 0 Å². The second-order valence-electron chi connectivity index (χ2n) is 5.18. The SMILES string of the molecule is CC1=C(CCl)NC(c2ccccn2)=NC1c1ccc(F)cc1Cl. The Hall–Kier alpha value is -1.91. The molecule has 0 spiro atoms. The van der Waals surface area contributed by atoms with Crippen LogP contribution in [0.25, 0.3) is 0 Å². The van der Waals surface area contributed by atoms with Gasteiger partial charge < -0.3 is 5.32 Å². The van der Waals surface area contributed by atoms with Gasteiger partial charge in [-0.05, 0) is 42.3 Å². The summed E-state index contributed by atoms with van der Waals surface area (Å²) in [4.78, 5) is 9.02. The van der Waals surface area contributed by atoms with Crippen molar-refractivity contribution >= 4 is 29.0 Å². The minimum atomic E-state index is -0.374. The summed E-state index contributed by atoms with van der Waals surface area (Å²) in [5.74, 6) is 0.561. The lowest BCUT2D eigenvalue weighted by Crippen LogP contribution is -2.32. The number of hydrogen-bond acceptors (Lipinski definition) is 3. The molecule has 3 nitrogen and oxygen atoms in total. The molecule has 0 saturated heterocycles. The minimum absolute atomic E-state index is 0.313. The van der Waals surface area contributed by atoms with Gasteiger partial charge in [0.1, 0.15) is 17.6 Å². The molecular formula is C17H14Cl2FN3. The molecule has 1 aromatic carbocycles. The standard InChI is InChI=1S/C17H14Cl2FN3/c1-10-15(9-18)22-17(14-4-2-3-7-21-14)23-16(10)12-6-5-11(20)8-13(12)19/h2-8,16H,9H2,1H3,(H,22,23). The number of amidine groups is 1. The quantitative estimate of drug-likeness (QED) is 0.829. The molecule has 0 amide bonds. The molecule has 0 radical (unpaired) electrons. The fourth-order valence-electron chi connectivity index (χ4n) is 2.46. The second kappa shape index (κ2) is 6.69. The van der Waals surface area contributed by atoms with Gasteiger partial charge in [-0.25, -0.2) is 4.39 Å². The molecule has 0 aliphatic carbocycles. The second-order valence-corrected chi connectivity index (χ2v) is 5.86. The Morgan fingerprint density at radius 1 is 1.26 bits per heavy atom. The predicted octanol–water partition coefficient (Wildman–Crippen LogP) is 4.48. The van der Waals surface area contributed by atoms with Crippen LogP contribution in [0.15, 0.2) is 58.9 Å². The van der Waals surface area contributed by atoms with Gasteiger partial charge in [-0.2, -0.15) is 0 Å². The van der Waals surface area contributed by atoms with Crippen molar-refractivity contribution < 1.29 is 4.39 Å². The number of benzene rings is 1. The van der Waals surface area contributed by atoms with Crippen molar-refractivity contribution in [2.24, 2.45) is 4.99 Å². The number of rotatable bonds is 3. The molecular weight excluding hydrogens is 336 g/mol. The van der Waals surface area contributed by atoms with Crippen LogP contribution in [0.2, 0.25) is 5.02 Å². The van der Waals surface area contributed by atoms with Crippen molar-refractivity contribution in [1.29, 1.82) is 0 Å². The smallest absolute Gasteiger partial charge is 0.152 e. The maximum absolute atomic E-state index is 13.3. The van der Waals surface area contributed by atoms with E-state index in [1.54, 1.807) is 12.3 Å². The average molecular weight is 350 g/mol. The van der Waals surface area contributed by atoms with E-state index in [2.05, 4.69) is 10.3 Å². The number of hydrogen-bond donors (Lipinski definition) is 1. The van der Waals surface area contributed by atoms with Gasteiger partial charge in [0.05, 0.1) is 5.88 Å². The van der Waals surface area contributed by atoms with E-state index in [-0.39, 0.29) is 11.9 Å². The molecule has 118 valence electrons. The molecule has 0 saturated carbocycles. The molecule has 1 N–H and O–H groups in total. The topological polar surface area (TPSA) is 37.3 Å². The van der Waals surface area contributed by atoms with E-state index in [0.29, 0.717) is 22.4 Å². The maximum atomic E-state index is 13.3. The highest BCUT2D eigenvalue weighted by Gasteiger charge is 2.25. The molecule has 1 unspecified atom stereocenters. The minimum Gasteiger partial charge on any atom is -0.341 e. The lowest BCUT2D eigenvalue weighted by molar-refractivity contribution is 0.626. The van der Waals surface area contributed by atoms with Crippen LogP contribution in [0.3, 0.4) is 0 Å². The third-order valence-corrected chi connectivity index (χ3v) is 4.31. The van der Waals surface area contributed by atoms with E-state index in [0.717, 1.165) is 16.8 Å². The van der Waals surface area contributed by atoms with E-state index >= 15 is 0 Å². The number of nitrogens with one attached hydrogen (secondary N) is 1. The number of alkyl halides is 1. The lowest BCUT2D eigenvalue weighted by atomic mass is 9.97. The predicted molar refractivity (Wildman–Crippen MR) is 91.5 cm³/mol. The highest BCUT2D eigenvalue weighted by atomic mass is 35.5. The van der Waals surface area contributed by atoms with Crippen LogP contribution >= 0.6 is 23.2 Å². The summed E-state index contributed by atoms with van der Waals surface area (Å²) in [6.45, 7) is 1.94. The van der Waals surface area contributed by atoms with Gasteiger partial charge in [-0.3, -0.25) is 9.98 Å². The van der Waals surface area contributed by atoms with Crippen molar-refractivity contribution in [3.05, 3.63) is 76.0 Å². The first-order chi connectivity index (χ1) is 11.1. The normalized spacial score (nSPS) is 17.7. The highest BCUT2D eigenvalue weighted by molar-refractivity contribution is 6.31. The van der Waals surface area contributed by atoms with Gasteiger partial charge >= 0.3 is 0 Å². The fourth-order valence-corrected chi connectivity index (χ4v) is 3.01. The molecule has 23 heavy (non-hydrogen) atoms. The fraction of sp³-hybridized carbons (Fsp3) is 0.176. The van der Waals surface area contributed by atoms with Crippen LogP contribution in [0.4, 0.5) is 4.39 Å². The molecule has 0 fully saturated rings. The van der Waals surface area contributed by atoms with Crippen LogP contribution in [0.1, 0.15) is 24.2 Å². The zero-order valence-corrected chi connectivity index (χ0v) is 13.9. The van der Waals surface area contributed by atoms with Gasteiger partial charge in [-0.1, -0.05) is 23.7 Å². The van der Waals surface area contributed by atoms with Crippen molar-refractivity contribution in [2.75, 3.05) is 5.88 Å². The Morgan fingerprint density at radius 2 is 2.09 bits per heavy atom. The van der Waals surface area contributed by atoms with Crippen molar-refractivity contribution in [3.63, 3.8) is 0 Å². The van der Waals surface area contributed by atoms with Crippen LogP contribution in [-0.4, -0.2) is 16.7 Å². The van der Waals surface area contributed by atoms with Crippen LogP contribution < -0.4 is 5.32 Å². The molecule has 1 aromatic heterocycles. The molecule has 1 atom stereocenters. The molecule has 1 aliphatic rings. The lowest BCUT2D eigenvalue weighted by Gasteiger charge is -2.26. The maximum Gasteiger partial charge on any atom is 0.152 e. The Kier molecular flexibility index (Phi) is 4.64. The molecule has 3 rings (SSSR count). The summed E-state index contributed by atoms with van der Waals surface area (Å²) in [6.07, 6.45) is 1.70. The summed E-state index contributed by atoms with van der Waals surface area (Å²) in [7, 11) is 0. The number of nitrogens with zero attached hydrogens (tertiary/aromatic N) is 2. The van der Waals surface area contributed by atoms with Crippen molar-refractivity contribution in [2.45, 2.75) is 13.0 Å². The average Bonchev–Trinajstić information content (AvgIpc) is 2.56. The Bertz CT molecular complexity index is 788. The summed E-state index contributed by atoms with van der Waals surface area (Å²) in [5, 5.41) is 3.56. The summed E-state index contributed by atoms with van der Waals surface area (Å²) < 4.78 is 13.3. The Balaban J connectivity index is 2.09. The van der Waals surface area contributed by atoms with Crippen LogP contribution in [0, 0.1) is 5.82 Å². The Labute approximate surface area is 143 Å². The molecule has 2 heterocycles. The van der Waals surface area contributed by atoms with E-state index in [1.165, 1.54) is 12.1 Å². The number of allylic oxidation sites excluding steroid dienone is 1. The third-order valence-electron chi connectivity index (χ3n) is 3.71. The van der Waals surface area contributed by atoms with Crippen LogP contribution in [-0.2, 0) is 0 Å². The van der Waals surface area contributed by atoms with E-state index in [1.807, 2.05) is 25.1 Å². The number of aromatic nitrogens is 1. The number of pyridine rings is 1. The number of aliphatic imine (C=N–C) groups is 1. The first kappa shape index (κ1) is 16.0. The molecule has 1 aliphatic heterocycles. The molecule has 6 heteroatoms. The Morgan fingerprint density at radius 3 is 2.74 bits per heavy atom.